The van der Waals surface area contributed by atoms with Gasteiger partial charge in [0, 0.05) is 51.8 Å². The van der Waals surface area contributed by atoms with Gasteiger partial charge in [0.25, 0.3) is 0 Å². The Morgan fingerprint density at radius 3 is 2.39 bits per heavy atom. The van der Waals surface area contributed by atoms with Crippen molar-refractivity contribution in [2.45, 2.75) is 45.1 Å². The number of ether oxygens (including phenoxy) is 2. The van der Waals surface area contributed by atoms with E-state index in [1.165, 1.54) is 11.1 Å². The molecule has 0 spiro atoms. The Morgan fingerprint density at radius 2 is 1.81 bits per heavy atom. The topological polar surface area (TPSA) is 58.1 Å². The zero-order valence-electron chi connectivity index (χ0n) is 19.7. The number of benzene rings is 1. The Hall–Kier alpha value is -0.900. The minimum Gasteiger partial charge on any atom is -0.381 e. The standard InChI is InChI=1S/C24H40N4O2.HI/c1-24(2,3)21-7-5-19(6-8-21)9-11-26-23(25-4)27-17-22(20-10-14-30-18-20)28-12-15-29-16-13-28;/h5-8,20,22H,9-18H2,1-4H3,(H2,25,26,27);1H. The summed E-state index contributed by atoms with van der Waals surface area (Å²) in [5, 5.41) is 7.04. The van der Waals surface area contributed by atoms with Crippen LogP contribution in [0.4, 0.5) is 0 Å². The van der Waals surface area contributed by atoms with Crippen molar-refractivity contribution in [3.8, 4) is 0 Å². The van der Waals surface area contributed by atoms with Crippen LogP contribution >= 0.6 is 24.0 Å². The Labute approximate surface area is 205 Å². The van der Waals surface area contributed by atoms with Gasteiger partial charge in [-0.15, -0.1) is 24.0 Å². The quantitative estimate of drug-likeness (QED) is 0.314. The highest BCUT2D eigenvalue weighted by Gasteiger charge is 2.31. The van der Waals surface area contributed by atoms with Crippen LogP contribution in [0, 0.1) is 5.92 Å². The fourth-order valence-electron chi connectivity index (χ4n) is 4.28. The first-order valence-corrected chi connectivity index (χ1v) is 11.4. The molecule has 1 aromatic rings. The van der Waals surface area contributed by atoms with Gasteiger partial charge < -0.3 is 20.1 Å². The third-order valence-corrected chi connectivity index (χ3v) is 6.25. The van der Waals surface area contributed by atoms with Gasteiger partial charge in [0.2, 0.25) is 0 Å². The monoisotopic (exact) mass is 544 g/mol. The van der Waals surface area contributed by atoms with Crippen molar-refractivity contribution in [2.75, 3.05) is 59.7 Å². The molecule has 3 rings (SSSR count). The number of halogens is 1. The van der Waals surface area contributed by atoms with Crippen molar-refractivity contribution in [1.82, 2.24) is 15.5 Å². The second-order valence-corrected chi connectivity index (χ2v) is 9.42. The van der Waals surface area contributed by atoms with Crippen molar-refractivity contribution in [2.24, 2.45) is 10.9 Å². The average molecular weight is 545 g/mol. The molecule has 31 heavy (non-hydrogen) atoms. The molecule has 0 radical (unpaired) electrons. The van der Waals surface area contributed by atoms with E-state index in [0.717, 1.165) is 71.4 Å². The maximum Gasteiger partial charge on any atom is 0.191 e. The average Bonchev–Trinajstić information content (AvgIpc) is 3.27. The third-order valence-electron chi connectivity index (χ3n) is 6.25. The number of hydrogen-bond donors (Lipinski definition) is 2. The van der Waals surface area contributed by atoms with Crippen molar-refractivity contribution in [3.63, 3.8) is 0 Å². The van der Waals surface area contributed by atoms with E-state index >= 15 is 0 Å². The van der Waals surface area contributed by atoms with Gasteiger partial charge in [-0.3, -0.25) is 9.89 Å². The maximum absolute atomic E-state index is 5.67. The Kier molecular flexibility index (Phi) is 11.0. The van der Waals surface area contributed by atoms with E-state index in [4.69, 9.17) is 9.47 Å². The molecule has 1 aromatic carbocycles. The molecule has 2 saturated heterocycles. The minimum atomic E-state index is 0. The number of hydrogen-bond acceptors (Lipinski definition) is 4. The van der Waals surface area contributed by atoms with Crippen LogP contribution in [0.25, 0.3) is 0 Å². The van der Waals surface area contributed by atoms with Gasteiger partial charge in [-0.2, -0.15) is 0 Å². The van der Waals surface area contributed by atoms with Crippen LogP contribution in [0.5, 0.6) is 0 Å². The molecular weight excluding hydrogens is 503 g/mol. The third kappa shape index (κ3) is 8.18. The van der Waals surface area contributed by atoms with Gasteiger partial charge in [-0.25, -0.2) is 0 Å². The summed E-state index contributed by atoms with van der Waals surface area (Å²) in [6.07, 6.45) is 2.12. The number of rotatable bonds is 7. The van der Waals surface area contributed by atoms with Crippen LogP contribution in [0.2, 0.25) is 0 Å². The molecular formula is C24H41IN4O2. The van der Waals surface area contributed by atoms with Crippen LogP contribution in [-0.4, -0.2) is 76.6 Å². The number of guanidine groups is 1. The summed E-state index contributed by atoms with van der Waals surface area (Å²) in [5.41, 5.74) is 2.92. The Balaban J connectivity index is 0.00000341. The summed E-state index contributed by atoms with van der Waals surface area (Å²) in [7, 11) is 1.84. The minimum absolute atomic E-state index is 0. The lowest BCUT2D eigenvalue weighted by Gasteiger charge is -2.37. The van der Waals surface area contributed by atoms with Gasteiger partial charge in [-0.1, -0.05) is 45.0 Å². The van der Waals surface area contributed by atoms with E-state index < -0.39 is 0 Å². The van der Waals surface area contributed by atoms with Crippen LogP contribution in [0.1, 0.15) is 38.3 Å². The first-order chi connectivity index (χ1) is 14.5. The molecule has 0 aromatic heterocycles. The van der Waals surface area contributed by atoms with E-state index in [1.54, 1.807) is 0 Å². The van der Waals surface area contributed by atoms with E-state index in [-0.39, 0.29) is 29.4 Å². The molecule has 7 heteroatoms. The molecule has 0 amide bonds. The highest BCUT2D eigenvalue weighted by atomic mass is 127. The SMILES string of the molecule is CN=C(NCCc1ccc(C(C)(C)C)cc1)NCC(C1CCOC1)N1CCOCC1.I. The molecule has 0 saturated carbocycles. The van der Waals surface area contributed by atoms with Gasteiger partial charge in [-0.05, 0) is 29.4 Å². The molecule has 2 aliphatic rings. The highest BCUT2D eigenvalue weighted by molar-refractivity contribution is 14.0. The summed E-state index contributed by atoms with van der Waals surface area (Å²) < 4.78 is 11.2. The number of aliphatic imine (C=N–C) groups is 1. The Morgan fingerprint density at radius 1 is 1.10 bits per heavy atom. The maximum atomic E-state index is 5.67. The van der Waals surface area contributed by atoms with Crippen LogP contribution < -0.4 is 10.6 Å². The van der Waals surface area contributed by atoms with Crippen LogP contribution in [-0.2, 0) is 21.3 Å². The summed E-state index contributed by atoms with van der Waals surface area (Å²) in [4.78, 5) is 6.98. The van der Waals surface area contributed by atoms with Crippen LogP contribution in [0.3, 0.4) is 0 Å². The molecule has 176 valence electrons. The first-order valence-electron chi connectivity index (χ1n) is 11.4. The number of morpholine rings is 1. The summed E-state index contributed by atoms with van der Waals surface area (Å²) >= 11 is 0. The molecule has 0 bridgehead atoms. The van der Waals surface area contributed by atoms with E-state index in [0.29, 0.717) is 12.0 Å². The van der Waals surface area contributed by atoms with Crippen LogP contribution in [0.15, 0.2) is 29.3 Å². The molecule has 2 unspecified atom stereocenters. The van der Waals surface area contributed by atoms with Gasteiger partial charge in [0.1, 0.15) is 0 Å². The van der Waals surface area contributed by atoms with Gasteiger partial charge >= 0.3 is 0 Å². The highest BCUT2D eigenvalue weighted by Crippen LogP contribution is 2.23. The fraction of sp³-hybridized carbons (Fsp3) is 0.708. The lowest BCUT2D eigenvalue weighted by molar-refractivity contribution is 0.00247. The first kappa shape index (κ1) is 26.4. The molecule has 2 atom stereocenters. The summed E-state index contributed by atoms with van der Waals surface area (Å²) in [5.74, 6) is 1.45. The Bertz CT molecular complexity index is 663. The molecule has 6 nitrogen and oxygen atoms in total. The molecule has 0 aliphatic carbocycles. The number of nitrogens with one attached hydrogen (secondary N) is 2. The summed E-state index contributed by atoms with van der Waals surface area (Å²) in [6, 6.07) is 9.44. The zero-order valence-corrected chi connectivity index (χ0v) is 22.0. The van der Waals surface area contributed by atoms with Crippen molar-refractivity contribution in [1.29, 1.82) is 0 Å². The molecule has 2 fully saturated rings. The largest absolute Gasteiger partial charge is 0.381 e. The summed E-state index contributed by atoms with van der Waals surface area (Å²) in [6.45, 7) is 13.9. The van der Waals surface area contributed by atoms with Gasteiger partial charge in [0.15, 0.2) is 5.96 Å². The normalized spacial score (nSPS) is 21.4. The molecule has 2 heterocycles. The molecule has 2 aliphatic heterocycles. The fourth-order valence-corrected chi connectivity index (χ4v) is 4.28. The lowest BCUT2D eigenvalue weighted by Crippen LogP contribution is -2.53. The second kappa shape index (κ2) is 13.0. The van der Waals surface area contributed by atoms with E-state index in [9.17, 15) is 0 Å². The second-order valence-electron chi connectivity index (χ2n) is 9.42. The van der Waals surface area contributed by atoms with E-state index in [1.807, 2.05) is 7.05 Å². The number of nitrogens with zero attached hydrogens (tertiary/aromatic N) is 2. The van der Waals surface area contributed by atoms with Crippen molar-refractivity contribution < 1.29 is 9.47 Å². The van der Waals surface area contributed by atoms with Gasteiger partial charge in [0.05, 0.1) is 19.8 Å². The predicted molar refractivity (Wildman–Crippen MR) is 139 cm³/mol. The lowest BCUT2D eigenvalue weighted by atomic mass is 9.86. The zero-order chi connectivity index (χ0) is 21.4. The molecule has 2 N–H and O–H groups in total. The predicted octanol–water partition coefficient (Wildman–Crippen LogP) is 3.05. The smallest absolute Gasteiger partial charge is 0.191 e. The van der Waals surface area contributed by atoms with Crippen molar-refractivity contribution >= 4 is 29.9 Å². The van der Waals surface area contributed by atoms with Crippen molar-refractivity contribution in [3.05, 3.63) is 35.4 Å². The van der Waals surface area contributed by atoms with E-state index in [2.05, 4.69) is 65.6 Å².